The lowest BCUT2D eigenvalue weighted by atomic mass is 9.94. The van der Waals surface area contributed by atoms with E-state index in [2.05, 4.69) is 0 Å². The van der Waals surface area contributed by atoms with Gasteiger partial charge in [-0.2, -0.15) is 0 Å². The normalized spacial score (nSPS) is 16.2. The summed E-state index contributed by atoms with van der Waals surface area (Å²) in [6.07, 6.45) is -1.97. The zero-order chi connectivity index (χ0) is 15.6. The molecule has 1 aliphatic heterocycles. The van der Waals surface area contributed by atoms with Gasteiger partial charge in [0.15, 0.2) is 11.6 Å². The first-order chi connectivity index (χ1) is 9.92. The summed E-state index contributed by atoms with van der Waals surface area (Å²) in [6, 6.07) is 4.22. The fourth-order valence-corrected chi connectivity index (χ4v) is 2.21. The van der Waals surface area contributed by atoms with E-state index in [9.17, 15) is 18.4 Å². The molecule has 1 atom stereocenters. The molecular weight excluding hydrogens is 284 g/mol. The number of halogens is 2. The Morgan fingerprint density at radius 1 is 1.48 bits per heavy atom. The van der Waals surface area contributed by atoms with Crippen molar-refractivity contribution >= 4 is 11.9 Å². The Labute approximate surface area is 120 Å². The Hall–Kier alpha value is -2.18. The Bertz CT molecular complexity index is 558. The summed E-state index contributed by atoms with van der Waals surface area (Å²) < 4.78 is 31.4. The van der Waals surface area contributed by atoms with Gasteiger partial charge in [0.1, 0.15) is 0 Å². The first-order valence-corrected chi connectivity index (χ1v) is 6.39. The van der Waals surface area contributed by atoms with E-state index in [-0.39, 0.29) is 31.2 Å². The molecule has 1 aromatic rings. The van der Waals surface area contributed by atoms with Crippen LogP contribution in [0.15, 0.2) is 18.2 Å². The summed E-state index contributed by atoms with van der Waals surface area (Å²) in [7, 11) is 1.35. The first-order valence-electron chi connectivity index (χ1n) is 6.39. The molecule has 5 nitrogen and oxygen atoms in total. The number of benzene rings is 1. The lowest BCUT2D eigenvalue weighted by molar-refractivity contribution is -0.152. The van der Waals surface area contributed by atoms with Gasteiger partial charge in [0.2, 0.25) is 12.1 Å². The Kier molecular flexibility index (Phi) is 4.40. The number of aliphatic carboxylic acids is 1. The average Bonchev–Trinajstić information content (AvgIpc) is 2.36. The predicted octanol–water partition coefficient (Wildman–Crippen LogP) is 1.26. The standard InChI is InChI=1S/C14H15F2NO4/c1-21-11-3-2-8(4-10(11)15)5-12(18)17-6-9(7-17)13(16)14(19)20/h2-4,9,13H,5-7H2,1H3,(H,19,20). The van der Waals surface area contributed by atoms with E-state index in [4.69, 9.17) is 9.84 Å². The van der Waals surface area contributed by atoms with Crippen molar-refractivity contribution in [3.8, 4) is 5.75 Å². The van der Waals surface area contributed by atoms with Crippen LogP contribution in [-0.2, 0) is 16.0 Å². The van der Waals surface area contributed by atoms with Gasteiger partial charge in [-0.05, 0) is 17.7 Å². The fourth-order valence-electron chi connectivity index (χ4n) is 2.21. The van der Waals surface area contributed by atoms with Crippen LogP contribution >= 0.6 is 0 Å². The molecule has 1 N–H and O–H groups in total. The highest BCUT2D eigenvalue weighted by Gasteiger charge is 2.39. The fraction of sp³-hybridized carbons (Fsp3) is 0.429. The van der Waals surface area contributed by atoms with Crippen LogP contribution in [0.5, 0.6) is 5.75 Å². The Balaban J connectivity index is 1.89. The maximum atomic E-state index is 13.5. The van der Waals surface area contributed by atoms with Crippen molar-refractivity contribution in [2.75, 3.05) is 20.2 Å². The molecule has 1 aliphatic rings. The van der Waals surface area contributed by atoms with Crippen LogP contribution in [0.2, 0.25) is 0 Å². The van der Waals surface area contributed by atoms with Crippen molar-refractivity contribution in [1.82, 2.24) is 4.90 Å². The molecule has 0 radical (unpaired) electrons. The van der Waals surface area contributed by atoms with Gasteiger partial charge >= 0.3 is 5.97 Å². The third-order valence-corrected chi connectivity index (χ3v) is 3.48. The summed E-state index contributed by atoms with van der Waals surface area (Å²) in [4.78, 5) is 23.7. The van der Waals surface area contributed by atoms with Gasteiger partial charge in [0.05, 0.1) is 13.5 Å². The van der Waals surface area contributed by atoms with E-state index in [0.29, 0.717) is 5.56 Å². The Morgan fingerprint density at radius 3 is 2.67 bits per heavy atom. The number of nitrogens with zero attached hydrogens (tertiary/aromatic N) is 1. The molecule has 114 valence electrons. The molecule has 0 aliphatic carbocycles. The molecule has 1 aromatic carbocycles. The van der Waals surface area contributed by atoms with Gasteiger partial charge in [0, 0.05) is 19.0 Å². The number of hydrogen-bond donors (Lipinski definition) is 1. The molecule has 0 saturated carbocycles. The van der Waals surface area contributed by atoms with Gasteiger partial charge < -0.3 is 14.7 Å². The Morgan fingerprint density at radius 2 is 2.14 bits per heavy atom. The van der Waals surface area contributed by atoms with E-state index in [1.54, 1.807) is 6.07 Å². The zero-order valence-corrected chi connectivity index (χ0v) is 11.4. The van der Waals surface area contributed by atoms with Gasteiger partial charge in [-0.1, -0.05) is 6.07 Å². The number of carboxylic acid groups (broad SMARTS) is 1. The van der Waals surface area contributed by atoms with E-state index in [0.717, 1.165) is 0 Å². The minimum absolute atomic E-state index is 0.0162. The maximum Gasteiger partial charge on any atom is 0.338 e. The van der Waals surface area contributed by atoms with Crippen LogP contribution in [-0.4, -0.2) is 48.3 Å². The number of rotatable bonds is 5. The quantitative estimate of drug-likeness (QED) is 0.889. The number of likely N-dealkylation sites (tertiary alicyclic amines) is 1. The third-order valence-electron chi connectivity index (χ3n) is 3.48. The minimum Gasteiger partial charge on any atom is -0.494 e. The molecule has 1 saturated heterocycles. The minimum atomic E-state index is -1.95. The van der Waals surface area contributed by atoms with Crippen molar-refractivity contribution in [1.29, 1.82) is 0 Å². The molecular formula is C14H15F2NO4. The number of carbonyl (C=O) groups excluding carboxylic acids is 1. The number of carboxylic acids is 1. The SMILES string of the molecule is COc1ccc(CC(=O)N2CC(C(F)C(=O)O)C2)cc1F. The van der Waals surface area contributed by atoms with Crippen molar-refractivity contribution < 1.29 is 28.2 Å². The van der Waals surface area contributed by atoms with Crippen LogP contribution in [0.3, 0.4) is 0 Å². The van der Waals surface area contributed by atoms with Gasteiger partial charge in [-0.15, -0.1) is 0 Å². The number of amides is 1. The first kappa shape index (κ1) is 15.2. The third kappa shape index (κ3) is 3.29. The topological polar surface area (TPSA) is 66.8 Å². The van der Waals surface area contributed by atoms with Gasteiger partial charge in [-0.3, -0.25) is 4.79 Å². The molecule has 1 amide bonds. The van der Waals surface area contributed by atoms with Crippen molar-refractivity contribution in [3.63, 3.8) is 0 Å². The smallest absolute Gasteiger partial charge is 0.338 e. The van der Waals surface area contributed by atoms with Gasteiger partial charge in [0.25, 0.3) is 0 Å². The molecule has 1 fully saturated rings. The highest BCUT2D eigenvalue weighted by Crippen LogP contribution is 2.23. The van der Waals surface area contributed by atoms with Crippen LogP contribution in [0, 0.1) is 11.7 Å². The number of carbonyl (C=O) groups is 2. The largest absolute Gasteiger partial charge is 0.494 e. The average molecular weight is 299 g/mol. The molecule has 7 heteroatoms. The predicted molar refractivity (Wildman–Crippen MR) is 69.3 cm³/mol. The van der Waals surface area contributed by atoms with Crippen LogP contribution in [0.1, 0.15) is 5.56 Å². The van der Waals surface area contributed by atoms with E-state index in [1.165, 1.54) is 24.1 Å². The monoisotopic (exact) mass is 299 g/mol. The van der Waals surface area contributed by atoms with Crippen molar-refractivity contribution in [2.45, 2.75) is 12.6 Å². The molecule has 0 bridgehead atoms. The highest BCUT2D eigenvalue weighted by atomic mass is 19.1. The summed E-state index contributed by atoms with van der Waals surface area (Å²) in [6.45, 7) is 0.149. The zero-order valence-electron chi connectivity index (χ0n) is 11.4. The van der Waals surface area contributed by atoms with E-state index < -0.39 is 23.9 Å². The molecule has 2 rings (SSSR count). The molecule has 0 aromatic heterocycles. The van der Waals surface area contributed by atoms with Crippen LogP contribution in [0.25, 0.3) is 0 Å². The highest BCUT2D eigenvalue weighted by molar-refractivity contribution is 5.80. The lowest BCUT2D eigenvalue weighted by Gasteiger charge is -2.39. The van der Waals surface area contributed by atoms with Crippen molar-refractivity contribution in [2.24, 2.45) is 5.92 Å². The van der Waals surface area contributed by atoms with Crippen molar-refractivity contribution in [3.05, 3.63) is 29.6 Å². The molecule has 1 unspecified atom stereocenters. The summed E-state index contributed by atoms with van der Waals surface area (Å²) >= 11 is 0. The second-order valence-corrected chi connectivity index (χ2v) is 4.94. The summed E-state index contributed by atoms with van der Waals surface area (Å²) in [5.41, 5.74) is 0.483. The number of alkyl halides is 1. The molecule has 1 heterocycles. The molecule has 21 heavy (non-hydrogen) atoms. The van der Waals surface area contributed by atoms with E-state index in [1.807, 2.05) is 0 Å². The second kappa shape index (κ2) is 6.07. The van der Waals surface area contributed by atoms with Crippen LogP contribution in [0.4, 0.5) is 8.78 Å². The molecule has 0 spiro atoms. The summed E-state index contributed by atoms with van der Waals surface area (Å²) in [5, 5.41) is 8.53. The number of hydrogen-bond acceptors (Lipinski definition) is 3. The van der Waals surface area contributed by atoms with Crippen LogP contribution < -0.4 is 4.74 Å². The summed E-state index contributed by atoms with van der Waals surface area (Å²) in [5.74, 6) is -2.92. The second-order valence-electron chi connectivity index (χ2n) is 4.94. The number of methoxy groups -OCH3 is 1. The maximum absolute atomic E-state index is 13.5. The number of ether oxygens (including phenoxy) is 1. The van der Waals surface area contributed by atoms with Gasteiger partial charge in [-0.25, -0.2) is 13.6 Å². The lowest BCUT2D eigenvalue weighted by Crippen LogP contribution is -2.55. The van der Waals surface area contributed by atoms with E-state index >= 15 is 0 Å².